The Kier molecular flexibility index (Phi) is 3.43. The van der Waals surface area contributed by atoms with Gasteiger partial charge in [-0.05, 0) is 29.8 Å². The minimum Gasteiger partial charge on any atom is -0.477 e. The molecule has 4 nitrogen and oxygen atoms in total. The van der Waals surface area contributed by atoms with Gasteiger partial charge in [0.25, 0.3) is 0 Å². The maximum atomic E-state index is 11.0. The summed E-state index contributed by atoms with van der Waals surface area (Å²) in [6, 6.07) is 10.6. The fourth-order valence-corrected chi connectivity index (χ4v) is 2.40. The number of amides is 1. The summed E-state index contributed by atoms with van der Waals surface area (Å²) in [5, 5.41) is 11.6. The molecule has 2 aromatic rings. The largest absolute Gasteiger partial charge is 0.477 e. The molecule has 2 N–H and O–H groups in total. The molecule has 0 saturated heterocycles. The van der Waals surface area contributed by atoms with E-state index in [-0.39, 0.29) is 5.91 Å². The zero-order valence-corrected chi connectivity index (χ0v) is 10.5. The minimum absolute atomic E-state index is 0.135. The Morgan fingerprint density at radius 1 is 1.22 bits per heavy atom. The maximum Gasteiger partial charge on any atom is 0.345 e. The van der Waals surface area contributed by atoms with E-state index in [1.54, 1.807) is 18.2 Å². The number of carboxylic acids is 1. The molecule has 0 spiro atoms. The summed E-state index contributed by atoms with van der Waals surface area (Å²) in [5.41, 5.74) is 1.59. The summed E-state index contributed by atoms with van der Waals surface area (Å²) in [6.45, 7) is 1.44. The van der Waals surface area contributed by atoms with Crippen LogP contribution in [0.4, 0.5) is 5.69 Å². The van der Waals surface area contributed by atoms with Crippen LogP contribution in [0.25, 0.3) is 10.4 Å². The number of hydrogen-bond donors (Lipinski definition) is 2. The average Bonchev–Trinajstić information content (AvgIpc) is 2.77. The number of aromatic carboxylic acids is 1. The molecule has 1 heterocycles. The van der Waals surface area contributed by atoms with E-state index >= 15 is 0 Å². The normalized spacial score (nSPS) is 10.1. The second kappa shape index (κ2) is 5.01. The Balaban J connectivity index is 2.32. The molecule has 92 valence electrons. The SMILES string of the molecule is CC(=O)Nc1cccc(-c2ccc(C(=O)O)s2)c1. The Labute approximate surface area is 108 Å². The van der Waals surface area contributed by atoms with E-state index in [9.17, 15) is 9.59 Å². The van der Waals surface area contributed by atoms with Crippen LogP contribution in [0.3, 0.4) is 0 Å². The molecule has 1 aromatic carbocycles. The van der Waals surface area contributed by atoms with Gasteiger partial charge in [0, 0.05) is 17.5 Å². The fourth-order valence-electron chi connectivity index (χ4n) is 1.56. The predicted octanol–water partition coefficient (Wildman–Crippen LogP) is 3.07. The summed E-state index contributed by atoms with van der Waals surface area (Å²) >= 11 is 1.21. The van der Waals surface area contributed by atoms with Crippen LogP contribution in [0.2, 0.25) is 0 Å². The van der Waals surface area contributed by atoms with Gasteiger partial charge in [-0.1, -0.05) is 12.1 Å². The van der Waals surface area contributed by atoms with Crippen LogP contribution in [0.15, 0.2) is 36.4 Å². The monoisotopic (exact) mass is 261 g/mol. The van der Waals surface area contributed by atoms with Crippen molar-refractivity contribution in [1.82, 2.24) is 0 Å². The molecule has 5 heteroatoms. The molecule has 0 radical (unpaired) electrons. The van der Waals surface area contributed by atoms with Gasteiger partial charge in [-0.25, -0.2) is 4.79 Å². The van der Waals surface area contributed by atoms with Crippen molar-refractivity contribution in [3.63, 3.8) is 0 Å². The Morgan fingerprint density at radius 2 is 2.00 bits per heavy atom. The summed E-state index contributed by atoms with van der Waals surface area (Å²) in [6.07, 6.45) is 0. The molecule has 0 aliphatic rings. The molecule has 1 amide bonds. The van der Waals surface area contributed by atoms with E-state index in [1.807, 2.05) is 18.2 Å². The molecule has 0 saturated carbocycles. The molecule has 2 rings (SSSR count). The first kappa shape index (κ1) is 12.3. The van der Waals surface area contributed by atoms with Crippen molar-refractivity contribution in [1.29, 1.82) is 0 Å². The van der Waals surface area contributed by atoms with E-state index in [1.165, 1.54) is 18.3 Å². The Bertz CT molecular complexity index is 604. The van der Waals surface area contributed by atoms with Gasteiger partial charge in [0.1, 0.15) is 4.88 Å². The molecule has 0 unspecified atom stereocenters. The van der Waals surface area contributed by atoms with E-state index in [0.717, 1.165) is 10.4 Å². The Morgan fingerprint density at radius 3 is 2.61 bits per heavy atom. The standard InChI is InChI=1S/C13H11NO3S/c1-8(15)14-10-4-2-3-9(7-10)11-5-6-12(18-11)13(16)17/h2-7H,1H3,(H,14,15)(H,16,17). The quantitative estimate of drug-likeness (QED) is 0.892. The number of hydrogen-bond acceptors (Lipinski definition) is 3. The van der Waals surface area contributed by atoms with E-state index < -0.39 is 5.97 Å². The maximum absolute atomic E-state index is 11.0. The van der Waals surface area contributed by atoms with Gasteiger partial charge in [0.15, 0.2) is 0 Å². The van der Waals surface area contributed by atoms with Crippen LogP contribution in [0.1, 0.15) is 16.6 Å². The van der Waals surface area contributed by atoms with Crippen LogP contribution < -0.4 is 5.32 Å². The van der Waals surface area contributed by atoms with Crippen LogP contribution in [-0.4, -0.2) is 17.0 Å². The Hall–Kier alpha value is -2.14. The molecule has 0 bridgehead atoms. The van der Waals surface area contributed by atoms with Gasteiger partial charge >= 0.3 is 5.97 Å². The van der Waals surface area contributed by atoms with Gasteiger partial charge in [-0.2, -0.15) is 0 Å². The highest BCUT2D eigenvalue weighted by atomic mass is 32.1. The van der Waals surface area contributed by atoms with Crippen LogP contribution in [0.5, 0.6) is 0 Å². The van der Waals surface area contributed by atoms with Crippen molar-refractivity contribution in [2.45, 2.75) is 6.92 Å². The summed E-state index contributed by atoms with van der Waals surface area (Å²) in [7, 11) is 0. The summed E-state index contributed by atoms with van der Waals surface area (Å²) in [5.74, 6) is -1.06. The molecular weight excluding hydrogens is 250 g/mol. The van der Waals surface area contributed by atoms with E-state index in [4.69, 9.17) is 5.11 Å². The van der Waals surface area contributed by atoms with Gasteiger partial charge < -0.3 is 10.4 Å². The lowest BCUT2D eigenvalue weighted by Crippen LogP contribution is -2.05. The fraction of sp³-hybridized carbons (Fsp3) is 0.0769. The third kappa shape index (κ3) is 2.75. The molecule has 0 atom stereocenters. The predicted molar refractivity (Wildman–Crippen MR) is 71.0 cm³/mol. The number of rotatable bonds is 3. The van der Waals surface area contributed by atoms with E-state index in [2.05, 4.69) is 5.32 Å². The van der Waals surface area contributed by atoms with Crippen molar-refractivity contribution in [2.24, 2.45) is 0 Å². The zero-order valence-electron chi connectivity index (χ0n) is 9.64. The van der Waals surface area contributed by atoms with Crippen molar-refractivity contribution in [3.8, 4) is 10.4 Å². The highest BCUT2D eigenvalue weighted by Crippen LogP contribution is 2.29. The van der Waals surface area contributed by atoms with Crippen LogP contribution >= 0.6 is 11.3 Å². The molecule has 1 aromatic heterocycles. The number of carbonyl (C=O) groups excluding carboxylic acids is 1. The first-order chi connectivity index (χ1) is 8.56. The lowest BCUT2D eigenvalue weighted by atomic mass is 10.1. The highest BCUT2D eigenvalue weighted by Gasteiger charge is 2.08. The number of nitrogens with one attached hydrogen (secondary N) is 1. The van der Waals surface area contributed by atoms with Crippen molar-refractivity contribution in [2.75, 3.05) is 5.32 Å². The molecule has 0 aliphatic carbocycles. The molecular formula is C13H11NO3S. The first-order valence-electron chi connectivity index (χ1n) is 5.27. The molecule has 18 heavy (non-hydrogen) atoms. The highest BCUT2D eigenvalue weighted by molar-refractivity contribution is 7.17. The third-order valence-corrected chi connectivity index (χ3v) is 3.41. The second-order valence-corrected chi connectivity index (χ2v) is 4.81. The topological polar surface area (TPSA) is 66.4 Å². The molecule has 0 fully saturated rings. The number of carboxylic acid groups (broad SMARTS) is 1. The van der Waals surface area contributed by atoms with Crippen LogP contribution in [-0.2, 0) is 4.79 Å². The van der Waals surface area contributed by atoms with E-state index in [0.29, 0.717) is 10.6 Å². The van der Waals surface area contributed by atoms with Crippen molar-refractivity contribution >= 4 is 28.9 Å². The smallest absolute Gasteiger partial charge is 0.345 e. The van der Waals surface area contributed by atoms with Gasteiger partial charge in [-0.3, -0.25) is 4.79 Å². The summed E-state index contributed by atoms with van der Waals surface area (Å²) in [4.78, 5) is 22.9. The lowest BCUT2D eigenvalue weighted by Gasteiger charge is -2.03. The second-order valence-electron chi connectivity index (χ2n) is 3.73. The zero-order chi connectivity index (χ0) is 13.1. The number of thiophene rings is 1. The lowest BCUT2D eigenvalue weighted by molar-refractivity contribution is -0.114. The summed E-state index contributed by atoms with van der Waals surface area (Å²) < 4.78 is 0. The van der Waals surface area contributed by atoms with Gasteiger partial charge in [-0.15, -0.1) is 11.3 Å². The van der Waals surface area contributed by atoms with Gasteiger partial charge in [0.05, 0.1) is 0 Å². The minimum atomic E-state index is -0.927. The van der Waals surface area contributed by atoms with Crippen LogP contribution in [0, 0.1) is 0 Å². The molecule has 0 aliphatic heterocycles. The van der Waals surface area contributed by atoms with Gasteiger partial charge in [0.2, 0.25) is 5.91 Å². The number of carbonyl (C=O) groups is 2. The van der Waals surface area contributed by atoms with Crippen molar-refractivity contribution in [3.05, 3.63) is 41.3 Å². The third-order valence-electron chi connectivity index (χ3n) is 2.28. The first-order valence-corrected chi connectivity index (χ1v) is 6.09. The number of benzene rings is 1. The number of anilines is 1. The van der Waals surface area contributed by atoms with Crippen molar-refractivity contribution < 1.29 is 14.7 Å². The average molecular weight is 261 g/mol.